The average molecular weight is 1190 g/mol. The molecular formula is C65H100O19. The molecule has 19 heteroatoms. The van der Waals surface area contributed by atoms with Crippen LogP contribution in [0.3, 0.4) is 0 Å². The first-order valence-corrected chi connectivity index (χ1v) is 31.9. The monoisotopic (exact) mass is 1180 g/mol. The molecule has 19 nitrogen and oxygen atoms in total. The SMILES string of the molecule is C=C1C[C@H]2O[C@@H]3[C@@H](C[C@]2(C)O[C@@H]1C/C(C)=C/[C@@H](C)COC(=O)C[C@@H](C)CC(=O)O)O[C@H]1C[C@H]2O[C@H]4CC[C@H]5O[C@H]6C[C@H]7O[C@@H](C[C@@H](O)C[C@@H]8C[C@@H](C)[C@@H]([C@@H](C)CC(=O)O)O8)[C@H](O)CC[C@@H]7O[C@]6(C)C[C@]5(C)O[C@@H]4C/C=C\[C@H](C)[C@@H]2O[C@]1(C)[C@H]3O. The van der Waals surface area contributed by atoms with Gasteiger partial charge in [0.15, 0.2) is 0 Å². The number of aliphatic hydroxyl groups excluding tert-OH is 3. The van der Waals surface area contributed by atoms with Gasteiger partial charge in [0.25, 0.3) is 0 Å². The number of carbonyl (C=O) groups excluding carboxylic acids is 1. The Labute approximate surface area is 497 Å². The van der Waals surface area contributed by atoms with Gasteiger partial charge in [0.2, 0.25) is 0 Å². The molecule has 0 aliphatic carbocycles. The van der Waals surface area contributed by atoms with E-state index in [1.54, 1.807) is 6.92 Å². The van der Waals surface area contributed by atoms with E-state index in [0.717, 1.165) is 17.6 Å². The molecule has 0 unspecified atom stereocenters. The molecule has 10 aliphatic heterocycles. The Morgan fingerprint density at radius 2 is 1.44 bits per heavy atom. The zero-order valence-electron chi connectivity index (χ0n) is 51.5. The maximum absolute atomic E-state index is 12.5. The maximum atomic E-state index is 12.5. The molecule has 9 fully saturated rings. The van der Waals surface area contributed by atoms with Crippen LogP contribution in [0.5, 0.6) is 0 Å². The number of hydrogen-bond acceptors (Lipinski definition) is 17. The number of carboxylic acid groups (broad SMARTS) is 2. The smallest absolute Gasteiger partial charge is 0.306 e. The molecule has 84 heavy (non-hydrogen) atoms. The van der Waals surface area contributed by atoms with Gasteiger partial charge in [0.05, 0.1) is 134 Å². The second kappa shape index (κ2) is 25.5. The number of esters is 1. The maximum Gasteiger partial charge on any atom is 0.306 e. The Morgan fingerprint density at radius 3 is 2.19 bits per heavy atom. The quantitative estimate of drug-likeness (QED) is 0.0727. The van der Waals surface area contributed by atoms with E-state index in [1.807, 2.05) is 27.7 Å². The molecule has 9 saturated heterocycles. The average Bonchev–Trinajstić information content (AvgIpc) is 0.867. The van der Waals surface area contributed by atoms with Crippen molar-refractivity contribution in [3.05, 3.63) is 36.0 Å². The lowest BCUT2D eigenvalue weighted by molar-refractivity contribution is -0.369. The summed E-state index contributed by atoms with van der Waals surface area (Å²) in [5.41, 5.74) is -1.26. The highest BCUT2D eigenvalue weighted by Gasteiger charge is 2.65. The Morgan fingerprint density at radius 1 is 0.726 bits per heavy atom. The van der Waals surface area contributed by atoms with Gasteiger partial charge in [-0.25, -0.2) is 0 Å². The van der Waals surface area contributed by atoms with Crippen LogP contribution in [0.4, 0.5) is 0 Å². The van der Waals surface area contributed by atoms with Crippen LogP contribution in [-0.4, -0.2) is 188 Å². The summed E-state index contributed by atoms with van der Waals surface area (Å²) in [6.45, 7) is 24.8. The number of aliphatic hydroxyl groups is 3. The molecule has 0 bridgehead atoms. The summed E-state index contributed by atoms with van der Waals surface area (Å²) < 4.78 is 75.5. The molecule has 10 heterocycles. The molecule has 0 spiro atoms. The Bertz CT molecular complexity index is 2420. The summed E-state index contributed by atoms with van der Waals surface area (Å²) in [7, 11) is 0. The minimum absolute atomic E-state index is 0.0345. The fraction of sp³-hybridized carbons (Fsp3) is 0.862. The zero-order valence-corrected chi connectivity index (χ0v) is 51.5. The van der Waals surface area contributed by atoms with Gasteiger partial charge in [-0.1, -0.05) is 65.0 Å². The van der Waals surface area contributed by atoms with Crippen molar-refractivity contribution in [2.24, 2.45) is 29.6 Å². The molecule has 0 aromatic carbocycles. The van der Waals surface area contributed by atoms with Gasteiger partial charge in [-0.3, -0.25) is 14.4 Å². The van der Waals surface area contributed by atoms with Crippen molar-refractivity contribution in [2.75, 3.05) is 6.61 Å². The van der Waals surface area contributed by atoms with E-state index in [0.29, 0.717) is 77.0 Å². The Kier molecular flexibility index (Phi) is 19.5. The van der Waals surface area contributed by atoms with Crippen LogP contribution in [0.15, 0.2) is 36.0 Å². The summed E-state index contributed by atoms with van der Waals surface area (Å²) in [5.74, 6) is -2.58. The standard InChI is InChI=1S/C65H100O19/c1-33(19-35(3)31-74-57(72)22-34(2)21-55(68)69)20-46-37(5)24-52-62(8,83-46)30-50-60(80-52)61(73)65(11)54(78-50)29-49-59(84-65)36(4)13-12-14-44-43(76-49)17-18-51-63(9,81-44)32-64(10)53(79-51)28-48-45(82-64)16-15-42(67)47(77-48)27-40(66)26-41-23-38(6)58(75-41)39(7)25-56(70)71/h12-13,19,34-36,38-54,58-61,66-67,73H,5,14-18,20-32H2,1-4,6-11H3,(H,68,69)(H,70,71)/b13-12-,33-19+/t34-,35+,36-,38+,39-,40-,41-,42+,43-,44+,45-,46+,47-,48+,49+,50+,51+,52+,53-,54-,58-,59-,60+,61-,62-,63-,64+,65-/m0/s1. The third-order valence-corrected chi connectivity index (χ3v) is 21.1. The zero-order chi connectivity index (χ0) is 60.4. The van der Waals surface area contributed by atoms with Crippen molar-refractivity contribution in [3.8, 4) is 0 Å². The second-order valence-electron chi connectivity index (χ2n) is 28.7. The highest BCUT2D eigenvalue weighted by atomic mass is 16.7. The molecule has 10 rings (SSSR count). The summed E-state index contributed by atoms with van der Waals surface area (Å²) >= 11 is 0. The van der Waals surface area contributed by atoms with E-state index in [1.165, 1.54) is 0 Å². The Balaban J connectivity index is 0.759. The molecule has 10 aliphatic rings. The van der Waals surface area contributed by atoms with Crippen LogP contribution in [0, 0.1) is 29.6 Å². The van der Waals surface area contributed by atoms with Crippen molar-refractivity contribution in [2.45, 2.75) is 317 Å². The predicted octanol–water partition coefficient (Wildman–Crippen LogP) is 7.89. The van der Waals surface area contributed by atoms with Crippen LogP contribution < -0.4 is 0 Å². The van der Waals surface area contributed by atoms with E-state index in [2.05, 4.69) is 59.4 Å². The van der Waals surface area contributed by atoms with Crippen molar-refractivity contribution in [1.82, 2.24) is 0 Å². The first-order chi connectivity index (χ1) is 39.6. The lowest BCUT2D eigenvalue weighted by Gasteiger charge is -2.61. The van der Waals surface area contributed by atoms with Crippen molar-refractivity contribution in [3.63, 3.8) is 0 Å². The third-order valence-electron chi connectivity index (χ3n) is 21.1. The molecular weight excluding hydrogens is 1080 g/mol. The minimum Gasteiger partial charge on any atom is -0.481 e. The van der Waals surface area contributed by atoms with Crippen LogP contribution in [0.25, 0.3) is 0 Å². The van der Waals surface area contributed by atoms with E-state index >= 15 is 0 Å². The van der Waals surface area contributed by atoms with Crippen LogP contribution in [0.1, 0.15) is 178 Å². The topological polar surface area (TPSA) is 254 Å². The summed E-state index contributed by atoms with van der Waals surface area (Å²) in [4.78, 5) is 34.9. The van der Waals surface area contributed by atoms with Gasteiger partial charge >= 0.3 is 17.9 Å². The number of hydrogen-bond donors (Lipinski definition) is 5. The van der Waals surface area contributed by atoms with Gasteiger partial charge in [0.1, 0.15) is 17.8 Å². The molecule has 0 amide bonds. The summed E-state index contributed by atoms with van der Waals surface area (Å²) in [5, 5.41) is 53.8. The fourth-order valence-corrected chi connectivity index (χ4v) is 16.7. The van der Waals surface area contributed by atoms with Gasteiger partial charge in [-0.05, 0) is 116 Å². The first kappa shape index (κ1) is 64.1. The first-order valence-electron chi connectivity index (χ1n) is 31.9. The number of ether oxygens (including phenoxy) is 11. The largest absolute Gasteiger partial charge is 0.481 e. The van der Waals surface area contributed by atoms with Gasteiger partial charge in [0, 0.05) is 56.8 Å². The molecule has 0 aromatic rings. The Hall–Kier alpha value is -2.89. The normalized spacial score (nSPS) is 47.6. The summed E-state index contributed by atoms with van der Waals surface area (Å²) in [6, 6.07) is 0. The number of carbonyl (C=O) groups is 3. The molecule has 0 saturated carbocycles. The third kappa shape index (κ3) is 13.8. The van der Waals surface area contributed by atoms with Crippen LogP contribution in [0.2, 0.25) is 0 Å². The molecule has 28 atom stereocenters. The summed E-state index contributed by atoms with van der Waals surface area (Å²) in [6.07, 6.45) is 5.79. The van der Waals surface area contributed by atoms with Gasteiger partial charge < -0.3 is 77.6 Å². The predicted molar refractivity (Wildman–Crippen MR) is 306 cm³/mol. The minimum atomic E-state index is -1.09. The van der Waals surface area contributed by atoms with E-state index in [9.17, 15) is 34.8 Å². The highest BCUT2D eigenvalue weighted by Crippen LogP contribution is 2.54. The van der Waals surface area contributed by atoms with Crippen LogP contribution in [-0.2, 0) is 66.5 Å². The van der Waals surface area contributed by atoms with E-state index < -0.39 is 89.1 Å². The van der Waals surface area contributed by atoms with Crippen molar-refractivity contribution < 1.29 is 92.0 Å². The number of fused-ring (bicyclic) bond motifs is 8. The number of rotatable bonds is 16. The lowest BCUT2D eigenvalue weighted by Crippen LogP contribution is -2.74. The fourth-order valence-electron chi connectivity index (χ4n) is 16.7. The molecule has 0 aromatic heterocycles. The van der Waals surface area contributed by atoms with Gasteiger partial charge in [-0.15, -0.1) is 0 Å². The van der Waals surface area contributed by atoms with Gasteiger partial charge in [-0.2, -0.15) is 0 Å². The molecule has 0 radical (unpaired) electrons. The molecule has 474 valence electrons. The van der Waals surface area contributed by atoms with Crippen LogP contribution >= 0.6 is 0 Å². The van der Waals surface area contributed by atoms with E-state index in [4.69, 9.17) is 57.2 Å². The lowest BCUT2D eigenvalue weighted by atomic mass is 9.72. The number of aliphatic carboxylic acids is 2. The second-order valence-corrected chi connectivity index (χ2v) is 28.7. The van der Waals surface area contributed by atoms with E-state index in [-0.39, 0.29) is 129 Å². The molecule has 5 N–H and O–H groups in total. The highest BCUT2D eigenvalue weighted by molar-refractivity contribution is 5.72. The number of carboxylic acids is 2. The van der Waals surface area contributed by atoms with Crippen molar-refractivity contribution >= 4 is 17.9 Å². The van der Waals surface area contributed by atoms with Crippen molar-refractivity contribution in [1.29, 1.82) is 0 Å².